The zero-order chi connectivity index (χ0) is 22.0. The minimum absolute atomic E-state index is 0.0108. The molecule has 0 saturated carbocycles. The van der Waals surface area contributed by atoms with E-state index < -0.39 is 3.68 Å². The van der Waals surface area contributed by atoms with Crippen molar-refractivity contribution >= 4 is 45.2 Å². The van der Waals surface area contributed by atoms with Crippen LogP contribution in [0.1, 0.15) is 31.7 Å². The highest BCUT2D eigenvalue weighted by atomic mass is 127. The number of anilines is 1. The molecular weight excluding hydrogens is 510 g/mol. The van der Waals surface area contributed by atoms with E-state index in [4.69, 9.17) is 0 Å². The predicted molar refractivity (Wildman–Crippen MR) is 126 cm³/mol. The highest BCUT2D eigenvalue weighted by molar-refractivity contribution is 14.1. The Morgan fingerprint density at radius 1 is 1.29 bits per heavy atom. The lowest BCUT2D eigenvalue weighted by atomic mass is 9.95. The topological polar surface area (TPSA) is 85.2 Å². The largest absolute Gasteiger partial charge is 0.367 e. The van der Waals surface area contributed by atoms with Crippen LogP contribution in [0.3, 0.4) is 0 Å². The fourth-order valence-electron chi connectivity index (χ4n) is 4.56. The quantitative estimate of drug-likeness (QED) is 0.478. The van der Waals surface area contributed by atoms with Crippen LogP contribution in [0.5, 0.6) is 0 Å². The summed E-state index contributed by atoms with van der Waals surface area (Å²) >= 11 is 1.87. The van der Waals surface area contributed by atoms with Gasteiger partial charge in [0.15, 0.2) is 3.68 Å². The SMILES string of the molecule is C[C@H]1C[C@@H](NC(=O)CN2CCC(F)(I)CC2)CN(c2ccc(C#N)c3nccnc23)C1. The maximum Gasteiger partial charge on any atom is 0.234 e. The molecule has 1 aromatic carbocycles. The Hall–Kier alpha value is -2.06. The molecule has 3 heterocycles. The molecule has 0 bridgehead atoms. The Morgan fingerprint density at radius 3 is 2.71 bits per heavy atom. The van der Waals surface area contributed by atoms with Gasteiger partial charge in [-0.05, 0) is 47.1 Å². The lowest BCUT2D eigenvalue weighted by molar-refractivity contribution is -0.123. The first-order valence-electron chi connectivity index (χ1n) is 10.6. The fraction of sp³-hybridized carbons (Fsp3) is 0.545. The smallest absolute Gasteiger partial charge is 0.234 e. The number of nitrogens with one attached hydrogen (secondary N) is 1. The molecule has 2 aliphatic rings. The van der Waals surface area contributed by atoms with E-state index in [1.807, 2.05) is 33.6 Å². The summed E-state index contributed by atoms with van der Waals surface area (Å²) in [6.45, 7) is 5.23. The third-order valence-electron chi connectivity index (χ3n) is 6.04. The molecule has 9 heteroatoms. The second-order valence-electron chi connectivity index (χ2n) is 8.64. The summed E-state index contributed by atoms with van der Waals surface area (Å²) in [5.74, 6) is 0.380. The van der Waals surface area contributed by atoms with Crippen molar-refractivity contribution in [1.82, 2.24) is 20.2 Å². The average Bonchev–Trinajstić information content (AvgIpc) is 2.74. The molecule has 31 heavy (non-hydrogen) atoms. The number of carbonyl (C=O) groups excluding carboxylic acids is 1. The monoisotopic (exact) mass is 536 g/mol. The van der Waals surface area contributed by atoms with Crippen molar-refractivity contribution in [2.75, 3.05) is 37.6 Å². The molecular formula is C22H26FIN6O. The summed E-state index contributed by atoms with van der Waals surface area (Å²) in [5, 5.41) is 12.6. The number of hydrogen-bond acceptors (Lipinski definition) is 6. The van der Waals surface area contributed by atoms with Gasteiger partial charge < -0.3 is 10.2 Å². The van der Waals surface area contributed by atoms with Crippen molar-refractivity contribution in [3.8, 4) is 6.07 Å². The number of aromatic nitrogens is 2. The lowest BCUT2D eigenvalue weighted by Gasteiger charge is -2.39. The molecule has 0 unspecified atom stereocenters. The van der Waals surface area contributed by atoms with Crippen molar-refractivity contribution in [2.45, 2.75) is 35.9 Å². The Kier molecular flexibility index (Phi) is 6.57. The summed E-state index contributed by atoms with van der Waals surface area (Å²) in [6.07, 6.45) is 5.06. The molecule has 1 N–H and O–H groups in total. The van der Waals surface area contributed by atoms with E-state index in [9.17, 15) is 14.4 Å². The number of rotatable bonds is 4. The molecule has 2 atom stereocenters. The lowest BCUT2D eigenvalue weighted by Crippen LogP contribution is -2.53. The van der Waals surface area contributed by atoms with Crippen LogP contribution in [0.25, 0.3) is 11.0 Å². The van der Waals surface area contributed by atoms with E-state index in [-0.39, 0.29) is 11.9 Å². The highest BCUT2D eigenvalue weighted by Crippen LogP contribution is 2.33. The van der Waals surface area contributed by atoms with Gasteiger partial charge in [0.2, 0.25) is 5.91 Å². The van der Waals surface area contributed by atoms with E-state index in [0.29, 0.717) is 61.5 Å². The number of hydrogen-bond donors (Lipinski definition) is 1. The molecule has 4 rings (SSSR count). The number of piperidine rings is 2. The van der Waals surface area contributed by atoms with E-state index >= 15 is 0 Å². The van der Waals surface area contributed by atoms with Gasteiger partial charge in [0.05, 0.1) is 17.8 Å². The molecule has 7 nitrogen and oxygen atoms in total. The van der Waals surface area contributed by atoms with Crippen LogP contribution >= 0.6 is 22.6 Å². The first kappa shape index (κ1) is 22.1. The van der Waals surface area contributed by atoms with Crippen LogP contribution in [0, 0.1) is 17.2 Å². The second kappa shape index (κ2) is 9.20. The number of nitrogens with zero attached hydrogens (tertiary/aromatic N) is 5. The zero-order valence-electron chi connectivity index (χ0n) is 17.5. The van der Waals surface area contributed by atoms with Gasteiger partial charge in [-0.2, -0.15) is 5.26 Å². The van der Waals surface area contributed by atoms with Crippen LogP contribution in [0.4, 0.5) is 10.1 Å². The average molecular weight is 536 g/mol. The first-order valence-corrected chi connectivity index (χ1v) is 11.7. The van der Waals surface area contributed by atoms with E-state index in [0.717, 1.165) is 18.7 Å². The molecule has 2 fully saturated rings. The van der Waals surface area contributed by atoms with Crippen molar-refractivity contribution in [1.29, 1.82) is 5.26 Å². The third kappa shape index (κ3) is 5.23. The maximum absolute atomic E-state index is 14.0. The molecule has 0 aliphatic carbocycles. The molecule has 1 aromatic heterocycles. The van der Waals surface area contributed by atoms with Gasteiger partial charge in [-0.25, -0.2) is 4.39 Å². The normalized spacial score (nSPS) is 24.0. The van der Waals surface area contributed by atoms with E-state index in [1.54, 1.807) is 18.5 Å². The second-order valence-corrected chi connectivity index (χ2v) is 10.6. The first-order chi connectivity index (χ1) is 14.8. The van der Waals surface area contributed by atoms with Gasteiger partial charge in [0, 0.05) is 57.5 Å². The van der Waals surface area contributed by atoms with Crippen LogP contribution in [0.2, 0.25) is 0 Å². The Bertz CT molecular complexity index is 999. The van der Waals surface area contributed by atoms with Crippen molar-refractivity contribution < 1.29 is 9.18 Å². The molecule has 2 saturated heterocycles. The van der Waals surface area contributed by atoms with E-state index in [1.165, 1.54) is 0 Å². The summed E-state index contributed by atoms with van der Waals surface area (Å²) in [7, 11) is 0. The molecule has 0 radical (unpaired) electrons. The zero-order valence-corrected chi connectivity index (χ0v) is 19.7. The van der Waals surface area contributed by atoms with Gasteiger partial charge in [0.25, 0.3) is 0 Å². The Morgan fingerprint density at radius 2 is 2.00 bits per heavy atom. The van der Waals surface area contributed by atoms with Gasteiger partial charge in [-0.3, -0.25) is 19.7 Å². The number of benzene rings is 1. The highest BCUT2D eigenvalue weighted by Gasteiger charge is 2.33. The molecule has 2 aromatic rings. The fourth-order valence-corrected chi connectivity index (χ4v) is 5.04. The standard InChI is InChI=1S/C22H26FIN6O/c1-15-10-17(28-19(31)14-29-8-4-22(23,24)5-9-29)13-30(12-15)18-3-2-16(11-25)20-21(18)27-7-6-26-20/h2-3,6-7,15,17H,4-5,8-10,12-14H2,1H3,(H,28,31)/t15-,17+/m0/s1. The number of amides is 1. The number of nitriles is 1. The number of alkyl halides is 2. The number of likely N-dealkylation sites (tertiary alicyclic amines) is 1. The molecule has 0 spiro atoms. The minimum atomic E-state index is -1.14. The van der Waals surface area contributed by atoms with Crippen molar-refractivity contribution in [3.63, 3.8) is 0 Å². The third-order valence-corrected chi connectivity index (χ3v) is 7.12. The number of halogens is 2. The van der Waals surface area contributed by atoms with Gasteiger partial charge >= 0.3 is 0 Å². The Labute approximate surface area is 195 Å². The molecule has 1 amide bonds. The van der Waals surface area contributed by atoms with Crippen molar-refractivity contribution in [3.05, 3.63) is 30.1 Å². The van der Waals surface area contributed by atoms with Crippen LogP contribution in [-0.2, 0) is 4.79 Å². The number of carbonyl (C=O) groups is 1. The van der Waals surface area contributed by atoms with E-state index in [2.05, 4.69) is 33.2 Å². The van der Waals surface area contributed by atoms with Gasteiger partial charge in [0.1, 0.15) is 17.1 Å². The summed E-state index contributed by atoms with van der Waals surface area (Å²) in [5.41, 5.74) is 2.76. The number of fused-ring (bicyclic) bond motifs is 1. The van der Waals surface area contributed by atoms with Crippen molar-refractivity contribution in [2.24, 2.45) is 5.92 Å². The summed E-state index contributed by atoms with van der Waals surface area (Å²) in [4.78, 5) is 25.8. The van der Waals surface area contributed by atoms with Crippen LogP contribution in [-0.4, -0.2) is 63.2 Å². The maximum atomic E-state index is 14.0. The van der Waals surface area contributed by atoms with Crippen LogP contribution in [0.15, 0.2) is 24.5 Å². The van der Waals surface area contributed by atoms with Gasteiger partial charge in [-0.1, -0.05) is 6.92 Å². The molecule has 164 valence electrons. The summed E-state index contributed by atoms with van der Waals surface area (Å²) < 4.78 is 12.8. The van der Waals surface area contributed by atoms with Crippen LogP contribution < -0.4 is 10.2 Å². The summed E-state index contributed by atoms with van der Waals surface area (Å²) in [6, 6.07) is 5.91. The Balaban J connectivity index is 1.44. The predicted octanol–water partition coefficient (Wildman–Crippen LogP) is 3.03. The minimum Gasteiger partial charge on any atom is -0.367 e. The molecule has 2 aliphatic heterocycles. The van der Waals surface area contributed by atoms with Gasteiger partial charge in [-0.15, -0.1) is 0 Å².